The van der Waals surface area contributed by atoms with Gasteiger partial charge in [0.15, 0.2) is 0 Å². The van der Waals surface area contributed by atoms with E-state index in [-0.39, 0.29) is 18.3 Å². The molecule has 2 aromatic carbocycles. The van der Waals surface area contributed by atoms with Gasteiger partial charge in [0.2, 0.25) is 5.91 Å². The van der Waals surface area contributed by atoms with Crippen LogP contribution in [0.5, 0.6) is 0 Å². The summed E-state index contributed by atoms with van der Waals surface area (Å²) < 4.78 is 0. The van der Waals surface area contributed by atoms with E-state index in [1.54, 1.807) is 4.90 Å². The number of halogens is 1. The van der Waals surface area contributed by atoms with Gasteiger partial charge in [0.1, 0.15) is 5.41 Å². The van der Waals surface area contributed by atoms with Crippen LogP contribution in [0.2, 0.25) is 0 Å². The molecule has 0 aliphatic carbocycles. The Morgan fingerprint density at radius 3 is 1.62 bits per heavy atom. The van der Waals surface area contributed by atoms with Crippen molar-refractivity contribution in [1.82, 2.24) is 9.80 Å². The van der Waals surface area contributed by atoms with Gasteiger partial charge in [-0.1, -0.05) is 74.5 Å². The largest absolute Gasteiger partial charge is 0.348 e. The smallest absolute Gasteiger partial charge is 0.237 e. The number of nitrogens with zero attached hydrogens (tertiary/aromatic N) is 2. The summed E-state index contributed by atoms with van der Waals surface area (Å²) in [5.74, 6) is 0.136. The molecule has 0 saturated carbocycles. The highest BCUT2D eigenvalue weighted by molar-refractivity contribution is 5.91. The van der Waals surface area contributed by atoms with Gasteiger partial charge in [-0.2, -0.15) is 0 Å². The maximum Gasteiger partial charge on any atom is 0.237 e. The highest BCUT2D eigenvalue weighted by Crippen LogP contribution is 2.37. The first-order valence-electron chi connectivity index (χ1n) is 9.11. The van der Waals surface area contributed by atoms with E-state index in [0.717, 1.165) is 37.2 Å². The quantitative estimate of drug-likeness (QED) is 0.690. The molecule has 0 aromatic heterocycles. The first-order chi connectivity index (χ1) is 12.1. The maximum absolute atomic E-state index is 13.5. The fourth-order valence-corrected chi connectivity index (χ4v) is 3.50. The second kappa shape index (κ2) is 10.3. The van der Waals surface area contributed by atoms with E-state index < -0.39 is 5.41 Å². The summed E-state index contributed by atoms with van der Waals surface area (Å²) in [4.78, 5) is 17.6. The van der Waals surface area contributed by atoms with Crippen LogP contribution in [0.1, 0.15) is 31.4 Å². The van der Waals surface area contributed by atoms with E-state index in [0.29, 0.717) is 0 Å². The van der Waals surface area contributed by atoms with Crippen molar-refractivity contribution in [2.75, 3.05) is 33.7 Å². The molecule has 0 bridgehead atoms. The van der Waals surface area contributed by atoms with Crippen molar-refractivity contribution in [1.29, 1.82) is 0 Å². The highest BCUT2D eigenvalue weighted by Gasteiger charge is 2.42. The maximum atomic E-state index is 13.5. The molecule has 0 N–H and O–H groups in total. The molecule has 0 aliphatic rings. The first-order valence-corrected chi connectivity index (χ1v) is 9.11. The Morgan fingerprint density at radius 1 is 0.846 bits per heavy atom. The molecule has 1 amide bonds. The molecular formula is C22H31ClN2O. The Labute approximate surface area is 164 Å². The Hall–Kier alpha value is -1.84. The molecule has 0 radical (unpaired) electrons. The van der Waals surface area contributed by atoms with Crippen molar-refractivity contribution in [2.24, 2.45) is 0 Å². The SMILES string of the molecule is CCN(CC)CCC(C(=O)N(C)C)(c1ccccc1)c1ccccc1.Cl. The first kappa shape index (κ1) is 22.2. The van der Waals surface area contributed by atoms with Crippen LogP contribution in [0, 0.1) is 0 Å². The highest BCUT2D eigenvalue weighted by atomic mass is 35.5. The molecule has 0 heterocycles. The minimum Gasteiger partial charge on any atom is -0.348 e. The van der Waals surface area contributed by atoms with Crippen molar-refractivity contribution in [3.05, 3.63) is 71.8 Å². The van der Waals surface area contributed by atoms with Crippen LogP contribution in [0.3, 0.4) is 0 Å². The van der Waals surface area contributed by atoms with Crippen LogP contribution >= 0.6 is 12.4 Å². The van der Waals surface area contributed by atoms with Crippen LogP contribution in [0.15, 0.2) is 60.7 Å². The molecule has 142 valence electrons. The zero-order valence-electron chi connectivity index (χ0n) is 16.3. The molecule has 4 heteroatoms. The predicted molar refractivity (Wildman–Crippen MR) is 112 cm³/mol. The predicted octanol–water partition coefficient (Wildman–Crippen LogP) is 4.21. The molecule has 0 unspecified atom stereocenters. The van der Waals surface area contributed by atoms with Crippen LogP contribution in [0.4, 0.5) is 0 Å². The van der Waals surface area contributed by atoms with Gasteiger partial charge in [-0.05, 0) is 37.2 Å². The van der Waals surface area contributed by atoms with E-state index in [2.05, 4.69) is 43.0 Å². The molecular weight excluding hydrogens is 344 g/mol. The minimum atomic E-state index is -0.658. The summed E-state index contributed by atoms with van der Waals surface area (Å²) in [7, 11) is 3.70. The summed E-state index contributed by atoms with van der Waals surface area (Å²) in [6.07, 6.45) is 0.764. The van der Waals surface area contributed by atoms with Crippen LogP contribution in [-0.4, -0.2) is 49.4 Å². The third-order valence-electron chi connectivity index (χ3n) is 5.00. The monoisotopic (exact) mass is 374 g/mol. The molecule has 2 aromatic rings. The molecule has 2 rings (SSSR count). The Balaban J connectivity index is 0.00000338. The summed E-state index contributed by atoms with van der Waals surface area (Å²) in [5, 5.41) is 0. The van der Waals surface area contributed by atoms with Gasteiger partial charge in [0, 0.05) is 14.1 Å². The van der Waals surface area contributed by atoms with Gasteiger partial charge < -0.3 is 9.80 Å². The molecule has 0 atom stereocenters. The van der Waals surface area contributed by atoms with Crippen LogP contribution in [-0.2, 0) is 10.2 Å². The minimum absolute atomic E-state index is 0. The number of likely N-dealkylation sites (N-methyl/N-ethyl adjacent to an activating group) is 1. The number of hydrogen-bond donors (Lipinski definition) is 0. The van der Waals surface area contributed by atoms with Gasteiger partial charge in [-0.3, -0.25) is 4.79 Å². The fourth-order valence-electron chi connectivity index (χ4n) is 3.50. The molecule has 0 aliphatic heterocycles. The molecule has 26 heavy (non-hydrogen) atoms. The second-order valence-electron chi connectivity index (χ2n) is 6.61. The van der Waals surface area contributed by atoms with Crippen molar-refractivity contribution < 1.29 is 4.79 Å². The Morgan fingerprint density at radius 2 is 1.27 bits per heavy atom. The summed E-state index contributed by atoms with van der Waals surface area (Å²) in [6.45, 7) is 7.21. The average Bonchev–Trinajstić information content (AvgIpc) is 2.66. The molecule has 0 spiro atoms. The summed E-state index contributed by atoms with van der Waals surface area (Å²) >= 11 is 0. The zero-order valence-corrected chi connectivity index (χ0v) is 17.1. The summed E-state index contributed by atoms with van der Waals surface area (Å²) in [5.41, 5.74) is 1.47. The number of hydrogen-bond acceptors (Lipinski definition) is 2. The normalized spacial score (nSPS) is 11.1. The molecule has 3 nitrogen and oxygen atoms in total. The lowest BCUT2D eigenvalue weighted by molar-refractivity contribution is -0.133. The molecule has 0 fully saturated rings. The van der Waals surface area contributed by atoms with E-state index in [4.69, 9.17) is 0 Å². The number of amides is 1. The van der Waals surface area contributed by atoms with E-state index in [9.17, 15) is 4.79 Å². The summed E-state index contributed by atoms with van der Waals surface area (Å²) in [6, 6.07) is 20.4. The van der Waals surface area contributed by atoms with Crippen LogP contribution < -0.4 is 0 Å². The Bertz CT molecular complexity index is 615. The van der Waals surface area contributed by atoms with E-state index in [1.807, 2.05) is 50.5 Å². The number of benzene rings is 2. The van der Waals surface area contributed by atoms with Crippen molar-refractivity contribution in [3.63, 3.8) is 0 Å². The zero-order chi connectivity index (χ0) is 18.3. The molecule has 0 saturated heterocycles. The Kier molecular flexibility index (Phi) is 8.83. The van der Waals surface area contributed by atoms with Gasteiger partial charge in [0.25, 0.3) is 0 Å². The van der Waals surface area contributed by atoms with Gasteiger partial charge in [0.05, 0.1) is 0 Å². The fraction of sp³-hybridized carbons (Fsp3) is 0.409. The number of rotatable bonds is 8. The van der Waals surface area contributed by atoms with Gasteiger partial charge >= 0.3 is 0 Å². The third-order valence-corrected chi connectivity index (χ3v) is 5.00. The lowest BCUT2D eigenvalue weighted by atomic mass is 9.70. The number of carbonyl (C=O) groups is 1. The van der Waals surface area contributed by atoms with Gasteiger partial charge in [-0.25, -0.2) is 0 Å². The lowest BCUT2D eigenvalue weighted by Crippen LogP contribution is -2.47. The second-order valence-corrected chi connectivity index (χ2v) is 6.61. The lowest BCUT2D eigenvalue weighted by Gasteiger charge is -2.37. The van der Waals surface area contributed by atoms with Crippen LogP contribution in [0.25, 0.3) is 0 Å². The standard InChI is InChI=1S/C22H30N2O.ClH/c1-5-24(6-2)18-17-22(21(25)23(3)4,19-13-9-7-10-14-19)20-15-11-8-12-16-20;/h7-16H,5-6,17-18H2,1-4H3;1H. The average molecular weight is 375 g/mol. The van der Waals surface area contributed by atoms with Gasteiger partial charge in [-0.15, -0.1) is 12.4 Å². The third kappa shape index (κ3) is 4.66. The topological polar surface area (TPSA) is 23.6 Å². The van der Waals surface area contributed by atoms with E-state index >= 15 is 0 Å². The van der Waals surface area contributed by atoms with Crippen molar-refractivity contribution in [2.45, 2.75) is 25.7 Å². The van der Waals surface area contributed by atoms with Crippen molar-refractivity contribution >= 4 is 18.3 Å². The van der Waals surface area contributed by atoms with E-state index in [1.165, 1.54) is 0 Å². The number of carbonyl (C=O) groups excluding carboxylic acids is 1. The van der Waals surface area contributed by atoms with Crippen molar-refractivity contribution in [3.8, 4) is 0 Å².